The molecule has 3 nitrogen and oxygen atoms in total. The molecular formula is C18H25N3S. The van der Waals surface area contributed by atoms with Gasteiger partial charge in [0.15, 0.2) is 0 Å². The van der Waals surface area contributed by atoms with Crippen molar-refractivity contribution in [1.82, 2.24) is 14.9 Å². The van der Waals surface area contributed by atoms with Crippen molar-refractivity contribution < 1.29 is 0 Å². The summed E-state index contributed by atoms with van der Waals surface area (Å²) < 4.78 is 0. The molecule has 0 unspecified atom stereocenters. The van der Waals surface area contributed by atoms with Crippen molar-refractivity contribution >= 4 is 12.6 Å². The van der Waals surface area contributed by atoms with Crippen molar-refractivity contribution in [1.29, 1.82) is 0 Å². The highest BCUT2D eigenvalue weighted by atomic mass is 32.1. The summed E-state index contributed by atoms with van der Waals surface area (Å²) in [7, 11) is 4.12. The first-order valence-corrected chi connectivity index (χ1v) is 8.27. The van der Waals surface area contributed by atoms with Crippen LogP contribution in [0.25, 0.3) is 11.3 Å². The second-order valence-electron chi connectivity index (χ2n) is 6.28. The van der Waals surface area contributed by atoms with Crippen molar-refractivity contribution in [3.63, 3.8) is 0 Å². The van der Waals surface area contributed by atoms with E-state index in [4.69, 9.17) is 4.98 Å². The maximum absolute atomic E-state index is 4.81. The molecular weight excluding hydrogens is 290 g/mol. The van der Waals surface area contributed by atoms with E-state index in [1.165, 1.54) is 16.7 Å². The number of pyridine rings is 2. The molecule has 2 aromatic heterocycles. The molecule has 0 aliphatic carbocycles. The van der Waals surface area contributed by atoms with Gasteiger partial charge in [0, 0.05) is 24.1 Å². The van der Waals surface area contributed by atoms with Crippen LogP contribution in [0.1, 0.15) is 42.3 Å². The Morgan fingerprint density at radius 3 is 2.50 bits per heavy atom. The standard InChI is InChI=1S/C18H25N3S/c1-12(2)17-9-19-15(10-21(4)5)8-16(17)18-13(3)6-7-14(11-22)20-18/h6-9,12,22H,10-11H2,1-5H3. The summed E-state index contributed by atoms with van der Waals surface area (Å²) in [5, 5.41) is 0. The molecule has 2 aromatic rings. The molecule has 2 rings (SSSR count). The van der Waals surface area contributed by atoms with Gasteiger partial charge in [-0.05, 0) is 50.2 Å². The fourth-order valence-corrected chi connectivity index (χ4v) is 2.69. The Morgan fingerprint density at radius 2 is 1.91 bits per heavy atom. The number of nitrogens with zero attached hydrogens (tertiary/aromatic N) is 3. The van der Waals surface area contributed by atoms with Gasteiger partial charge in [-0.25, -0.2) is 0 Å². The number of rotatable bonds is 5. The van der Waals surface area contributed by atoms with Crippen molar-refractivity contribution in [3.05, 3.63) is 46.9 Å². The zero-order chi connectivity index (χ0) is 16.3. The molecule has 0 atom stereocenters. The Labute approximate surface area is 139 Å². The van der Waals surface area contributed by atoms with Gasteiger partial charge < -0.3 is 4.90 Å². The van der Waals surface area contributed by atoms with Gasteiger partial charge >= 0.3 is 0 Å². The third-order valence-corrected chi connectivity index (χ3v) is 3.99. The highest BCUT2D eigenvalue weighted by Crippen LogP contribution is 2.30. The Balaban J connectivity index is 2.60. The van der Waals surface area contributed by atoms with Gasteiger partial charge in [0.2, 0.25) is 0 Å². The third kappa shape index (κ3) is 3.87. The third-order valence-electron chi connectivity index (χ3n) is 3.66. The smallest absolute Gasteiger partial charge is 0.0738 e. The summed E-state index contributed by atoms with van der Waals surface area (Å²) in [4.78, 5) is 11.6. The Morgan fingerprint density at radius 1 is 1.18 bits per heavy atom. The van der Waals surface area contributed by atoms with Gasteiger partial charge in [-0.1, -0.05) is 19.9 Å². The fourth-order valence-electron chi connectivity index (χ4n) is 2.51. The van der Waals surface area contributed by atoms with Crippen LogP contribution in [0.3, 0.4) is 0 Å². The molecule has 0 N–H and O–H groups in total. The molecule has 22 heavy (non-hydrogen) atoms. The minimum atomic E-state index is 0.414. The van der Waals surface area contributed by atoms with Crippen LogP contribution >= 0.6 is 12.6 Å². The van der Waals surface area contributed by atoms with Crippen molar-refractivity contribution in [2.45, 2.75) is 39.0 Å². The summed E-state index contributed by atoms with van der Waals surface area (Å²) in [6, 6.07) is 6.36. The van der Waals surface area contributed by atoms with Gasteiger partial charge in [-0.3, -0.25) is 9.97 Å². The lowest BCUT2D eigenvalue weighted by molar-refractivity contribution is 0.397. The quantitative estimate of drug-likeness (QED) is 0.843. The van der Waals surface area contributed by atoms with Gasteiger partial charge in [0.1, 0.15) is 0 Å². The normalized spacial score (nSPS) is 11.5. The molecule has 0 saturated carbocycles. The van der Waals surface area contributed by atoms with Crippen LogP contribution in [0, 0.1) is 6.92 Å². The molecule has 0 amide bonds. The monoisotopic (exact) mass is 315 g/mol. The summed E-state index contributed by atoms with van der Waals surface area (Å²) >= 11 is 4.35. The molecule has 0 fully saturated rings. The number of hydrogen-bond donors (Lipinski definition) is 1. The Bertz CT molecular complexity index is 651. The first-order chi connectivity index (χ1) is 10.4. The molecule has 0 radical (unpaired) electrons. The van der Waals surface area contributed by atoms with E-state index in [-0.39, 0.29) is 0 Å². The maximum atomic E-state index is 4.81. The molecule has 0 spiro atoms. The maximum Gasteiger partial charge on any atom is 0.0738 e. The lowest BCUT2D eigenvalue weighted by atomic mass is 9.94. The van der Waals surface area contributed by atoms with E-state index < -0.39 is 0 Å². The van der Waals surface area contributed by atoms with Gasteiger partial charge in [-0.2, -0.15) is 12.6 Å². The van der Waals surface area contributed by atoms with E-state index in [1.807, 2.05) is 12.3 Å². The second-order valence-corrected chi connectivity index (χ2v) is 6.60. The van der Waals surface area contributed by atoms with Crippen LogP contribution in [0.5, 0.6) is 0 Å². The van der Waals surface area contributed by atoms with E-state index in [0.717, 1.165) is 23.6 Å². The SMILES string of the molecule is Cc1ccc(CS)nc1-c1cc(CN(C)C)ncc1C(C)C. The summed E-state index contributed by atoms with van der Waals surface area (Å²) in [5.41, 5.74) is 6.76. The highest BCUT2D eigenvalue weighted by Gasteiger charge is 2.14. The number of aromatic nitrogens is 2. The zero-order valence-corrected chi connectivity index (χ0v) is 15.0. The molecule has 0 aromatic carbocycles. The molecule has 0 aliphatic heterocycles. The minimum absolute atomic E-state index is 0.414. The van der Waals surface area contributed by atoms with Crippen molar-refractivity contribution in [3.8, 4) is 11.3 Å². The van der Waals surface area contributed by atoms with Crippen LogP contribution in [0.15, 0.2) is 24.4 Å². The molecule has 4 heteroatoms. The molecule has 118 valence electrons. The van der Waals surface area contributed by atoms with Crippen LogP contribution in [-0.2, 0) is 12.3 Å². The zero-order valence-electron chi connectivity index (χ0n) is 14.1. The topological polar surface area (TPSA) is 29.0 Å². The molecule has 0 bridgehead atoms. The van der Waals surface area contributed by atoms with Crippen LogP contribution in [0.2, 0.25) is 0 Å². The fraction of sp³-hybridized carbons (Fsp3) is 0.444. The summed E-state index contributed by atoms with van der Waals surface area (Å²) in [6.07, 6.45) is 2.01. The summed E-state index contributed by atoms with van der Waals surface area (Å²) in [5.74, 6) is 1.07. The van der Waals surface area contributed by atoms with Crippen molar-refractivity contribution in [2.24, 2.45) is 0 Å². The Hall–Kier alpha value is -1.39. The van der Waals surface area contributed by atoms with Crippen LogP contribution in [0.4, 0.5) is 0 Å². The number of aryl methyl sites for hydroxylation is 1. The lowest BCUT2D eigenvalue weighted by Crippen LogP contribution is -2.12. The largest absolute Gasteiger partial charge is 0.304 e. The first kappa shape index (κ1) is 17.0. The van der Waals surface area contributed by atoms with Gasteiger partial charge in [-0.15, -0.1) is 0 Å². The lowest BCUT2D eigenvalue weighted by Gasteiger charge is -2.17. The van der Waals surface area contributed by atoms with E-state index in [1.54, 1.807) is 0 Å². The molecule has 2 heterocycles. The molecule has 0 aliphatic rings. The van der Waals surface area contributed by atoms with Crippen molar-refractivity contribution in [2.75, 3.05) is 14.1 Å². The predicted molar refractivity (Wildman–Crippen MR) is 96.4 cm³/mol. The van der Waals surface area contributed by atoms with Crippen LogP contribution < -0.4 is 0 Å². The van der Waals surface area contributed by atoms with Gasteiger partial charge in [0.05, 0.1) is 17.1 Å². The highest BCUT2D eigenvalue weighted by molar-refractivity contribution is 7.79. The minimum Gasteiger partial charge on any atom is -0.304 e. The number of thiol groups is 1. The predicted octanol–water partition coefficient (Wildman–Crippen LogP) is 4.07. The average molecular weight is 315 g/mol. The van der Waals surface area contributed by atoms with E-state index >= 15 is 0 Å². The second kappa shape index (κ2) is 7.25. The number of hydrogen-bond acceptors (Lipinski definition) is 4. The van der Waals surface area contributed by atoms with E-state index in [2.05, 4.69) is 69.5 Å². The van der Waals surface area contributed by atoms with Gasteiger partial charge in [0.25, 0.3) is 0 Å². The first-order valence-electron chi connectivity index (χ1n) is 7.63. The van der Waals surface area contributed by atoms with Crippen LogP contribution in [-0.4, -0.2) is 29.0 Å². The van der Waals surface area contributed by atoms with E-state index in [9.17, 15) is 0 Å². The average Bonchev–Trinajstić information content (AvgIpc) is 2.46. The molecule has 0 saturated heterocycles. The Kier molecular flexibility index (Phi) is 5.59. The summed E-state index contributed by atoms with van der Waals surface area (Å²) in [6.45, 7) is 7.34. The van der Waals surface area contributed by atoms with E-state index in [0.29, 0.717) is 11.7 Å².